The van der Waals surface area contributed by atoms with E-state index in [0.29, 0.717) is 6.04 Å². The Kier molecular flexibility index (Phi) is 4.25. The Hall–Kier alpha value is -0.530. The average Bonchev–Trinajstić information content (AvgIpc) is 2.34. The van der Waals surface area contributed by atoms with E-state index in [1.165, 1.54) is 37.9 Å². The van der Waals surface area contributed by atoms with Gasteiger partial charge in [0.2, 0.25) is 0 Å². The Morgan fingerprint density at radius 2 is 1.88 bits per heavy atom. The van der Waals surface area contributed by atoms with Crippen molar-refractivity contribution in [1.29, 1.82) is 0 Å². The largest absolute Gasteiger partial charge is 0.296 e. The standard InChI is InChI=1S/C14H20ClN/c1-2-14(16-10-6-3-7-11-16)12-8-4-5-9-13(12)15/h4-5,8-9,14H,2-3,6-7,10-11H2,1H3/t14-/m0/s1. The lowest BCUT2D eigenvalue weighted by Crippen LogP contribution is -2.33. The fourth-order valence-electron chi connectivity index (χ4n) is 2.65. The van der Waals surface area contributed by atoms with Crippen molar-refractivity contribution in [3.8, 4) is 0 Å². The fraction of sp³-hybridized carbons (Fsp3) is 0.571. The summed E-state index contributed by atoms with van der Waals surface area (Å²) in [4.78, 5) is 2.59. The second kappa shape index (κ2) is 5.70. The molecule has 88 valence electrons. The molecule has 0 radical (unpaired) electrons. The molecule has 0 unspecified atom stereocenters. The summed E-state index contributed by atoms with van der Waals surface area (Å²) in [5.41, 5.74) is 1.30. The highest BCUT2D eigenvalue weighted by Gasteiger charge is 2.21. The lowest BCUT2D eigenvalue weighted by atomic mass is 9.99. The van der Waals surface area contributed by atoms with E-state index in [2.05, 4.69) is 24.0 Å². The highest BCUT2D eigenvalue weighted by molar-refractivity contribution is 6.31. The van der Waals surface area contributed by atoms with E-state index in [9.17, 15) is 0 Å². The minimum absolute atomic E-state index is 0.508. The molecule has 0 saturated carbocycles. The van der Waals surface area contributed by atoms with Crippen LogP contribution in [0.1, 0.15) is 44.2 Å². The number of piperidine rings is 1. The van der Waals surface area contributed by atoms with Crippen LogP contribution in [-0.2, 0) is 0 Å². The van der Waals surface area contributed by atoms with Gasteiger partial charge < -0.3 is 0 Å². The first-order chi connectivity index (χ1) is 7.83. The van der Waals surface area contributed by atoms with Crippen molar-refractivity contribution in [3.05, 3.63) is 34.9 Å². The number of benzene rings is 1. The molecule has 1 nitrogen and oxygen atoms in total. The molecule has 0 amide bonds. The van der Waals surface area contributed by atoms with Crippen LogP contribution < -0.4 is 0 Å². The predicted octanol–water partition coefficient (Wildman–Crippen LogP) is 4.28. The minimum atomic E-state index is 0.508. The summed E-state index contributed by atoms with van der Waals surface area (Å²) in [5, 5.41) is 0.917. The number of nitrogens with zero attached hydrogens (tertiary/aromatic N) is 1. The molecule has 1 heterocycles. The van der Waals surface area contributed by atoms with Crippen LogP contribution in [0.2, 0.25) is 5.02 Å². The zero-order valence-corrected chi connectivity index (χ0v) is 10.7. The number of hydrogen-bond donors (Lipinski definition) is 0. The number of hydrogen-bond acceptors (Lipinski definition) is 1. The summed E-state index contributed by atoms with van der Waals surface area (Å²) >= 11 is 6.29. The van der Waals surface area contributed by atoms with Crippen LogP contribution in [0, 0.1) is 0 Å². The van der Waals surface area contributed by atoms with Gasteiger partial charge in [-0.15, -0.1) is 0 Å². The van der Waals surface area contributed by atoms with E-state index < -0.39 is 0 Å². The van der Waals surface area contributed by atoms with Crippen molar-refractivity contribution in [3.63, 3.8) is 0 Å². The average molecular weight is 238 g/mol. The molecule has 1 atom stereocenters. The molecule has 0 spiro atoms. The molecule has 1 aromatic carbocycles. The Bertz CT molecular complexity index is 331. The summed E-state index contributed by atoms with van der Waals surface area (Å²) < 4.78 is 0. The third kappa shape index (κ3) is 2.58. The first kappa shape index (κ1) is 11.9. The molecule has 2 heteroatoms. The van der Waals surface area contributed by atoms with Gasteiger partial charge in [-0.2, -0.15) is 0 Å². The number of halogens is 1. The molecule has 2 rings (SSSR count). The Balaban J connectivity index is 2.18. The van der Waals surface area contributed by atoms with Gasteiger partial charge in [-0.25, -0.2) is 0 Å². The van der Waals surface area contributed by atoms with Gasteiger partial charge in [0.1, 0.15) is 0 Å². The molecule has 0 aromatic heterocycles. The topological polar surface area (TPSA) is 3.24 Å². The summed E-state index contributed by atoms with van der Waals surface area (Å²) in [6.07, 6.45) is 5.20. The zero-order chi connectivity index (χ0) is 11.4. The molecule has 0 N–H and O–H groups in total. The molecular formula is C14H20ClN. The van der Waals surface area contributed by atoms with E-state index >= 15 is 0 Å². The number of rotatable bonds is 3. The van der Waals surface area contributed by atoms with E-state index in [1.54, 1.807) is 0 Å². The lowest BCUT2D eigenvalue weighted by molar-refractivity contribution is 0.159. The Labute approximate surface area is 103 Å². The van der Waals surface area contributed by atoms with Crippen LogP contribution >= 0.6 is 11.6 Å². The van der Waals surface area contributed by atoms with Crippen molar-refractivity contribution in [2.24, 2.45) is 0 Å². The Morgan fingerprint density at radius 1 is 1.19 bits per heavy atom. The van der Waals surface area contributed by atoms with Crippen molar-refractivity contribution < 1.29 is 0 Å². The molecule has 16 heavy (non-hydrogen) atoms. The van der Waals surface area contributed by atoms with Gasteiger partial charge in [0.25, 0.3) is 0 Å². The highest BCUT2D eigenvalue weighted by atomic mass is 35.5. The first-order valence-electron chi connectivity index (χ1n) is 6.31. The van der Waals surface area contributed by atoms with E-state index in [-0.39, 0.29) is 0 Å². The van der Waals surface area contributed by atoms with Crippen molar-refractivity contribution in [1.82, 2.24) is 4.90 Å². The molecule has 0 aliphatic carbocycles. The third-order valence-corrected chi connectivity index (χ3v) is 3.83. The van der Waals surface area contributed by atoms with Gasteiger partial charge in [-0.1, -0.05) is 43.1 Å². The summed E-state index contributed by atoms with van der Waals surface area (Å²) in [6.45, 7) is 4.70. The molecular weight excluding hydrogens is 218 g/mol. The summed E-state index contributed by atoms with van der Waals surface area (Å²) in [5.74, 6) is 0. The predicted molar refractivity (Wildman–Crippen MR) is 69.9 cm³/mol. The van der Waals surface area contributed by atoms with Gasteiger partial charge in [0.15, 0.2) is 0 Å². The van der Waals surface area contributed by atoms with Crippen molar-refractivity contribution in [2.45, 2.75) is 38.6 Å². The van der Waals surface area contributed by atoms with Crippen LogP contribution in [0.5, 0.6) is 0 Å². The second-order valence-corrected chi connectivity index (χ2v) is 4.95. The van der Waals surface area contributed by atoms with E-state index in [1.807, 2.05) is 12.1 Å². The summed E-state index contributed by atoms with van der Waals surface area (Å²) in [6, 6.07) is 8.78. The monoisotopic (exact) mass is 237 g/mol. The fourth-order valence-corrected chi connectivity index (χ4v) is 2.91. The van der Waals surface area contributed by atoms with E-state index in [0.717, 1.165) is 11.4 Å². The van der Waals surface area contributed by atoms with Gasteiger partial charge in [-0.3, -0.25) is 4.90 Å². The smallest absolute Gasteiger partial charge is 0.0453 e. The minimum Gasteiger partial charge on any atom is -0.296 e. The molecule has 1 saturated heterocycles. The lowest BCUT2D eigenvalue weighted by Gasteiger charge is -2.34. The molecule has 1 aliphatic rings. The SMILES string of the molecule is CC[C@@H](c1ccccc1Cl)N1CCCCC1. The van der Waals surface area contributed by atoms with Gasteiger partial charge in [-0.05, 0) is 44.0 Å². The Morgan fingerprint density at radius 3 is 2.50 bits per heavy atom. The van der Waals surface area contributed by atoms with E-state index in [4.69, 9.17) is 11.6 Å². The van der Waals surface area contributed by atoms with Crippen LogP contribution in [0.3, 0.4) is 0 Å². The summed E-state index contributed by atoms with van der Waals surface area (Å²) in [7, 11) is 0. The quantitative estimate of drug-likeness (QED) is 0.759. The molecule has 1 fully saturated rings. The maximum Gasteiger partial charge on any atom is 0.0453 e. The number of likely N-dealkylation sites (tertiary alicyclic amines) is 1. The van der Waals surface area contributed by atoms with Crippen LogP contribution in [0.25, 0.3) is 0 Å². The second-order valence-electron chi connectivity index (χ2n) is 4.54. The molecule has 0 bridgehead atoms. The molecule has 1 aromatic rings. The van der Waals surface area contributed by atoms with Gasteiger partial charge >= 0.3 is 0 Å². The van der Waals surface area contributed by atoms with Crippen LogP contribution in [-0.4, -0.2) is 18.0 Å². The highest BCUT2D eigenvalue weighted by Crippen LogP contribution is 2.31. The van der Waals surface area contributed by atoms with Crippen LogP contribution in [0.4, 0.5) is 0 Å². The van der Waals surface area contributed by atoms with Crippen LogP contribution in [0.15, 0.2) is 24.3 Å². The zero-order valence-electron chi connectivity index (χ0n) is 9.95. The maximum absolute atomic E-state index is 6.29. The van der Waals surface area contributed by atoms with Gasteiger partial charge in [0, 0.05) is 11.1 Å². The maximum atomic E-state index is 6.29. The van der Waals surface area contributed by atoms with Crippen molar-refractivity contribution >= 4 is 11.6 Å². The first-order valence-corrected chi connectivity index (χ1v) is 6.69. The third-order valence-electron chi connectivity index (χ3n) is 3.48. The molecule has 1 aliphatic heterocycles. The normalized spacial score (nSPS) is 19.6. The van der Waals surface area contributed by atoms with Gasteiger partial charge in [0.05, 0.1) is 0 Å². The van der Waals surface area contributed by atoms with Crippen molar-refractivity contribution in [2.75, 3.05) is 13.1 Å².